The van der Waals surface area contributed by atoms with Crippen molar-refractivity contribution in [2.75, 3.05) is 11.9 Å². The lowest BCUT2D eigenvalue weighted by Crippen LogP contribution is -2.15. The van der Waals surface area contributed by atoms with Crippen molar-refractivity contribution in [3.05, 3.63) is 53.6 Å². The number of hydrogen-bond donors (Lipinski definition) is 2. The number of hydrogen-bond acceptors (Lipinski definition) is 6. The van der Waals surface area contributed by atoms with Crippen LogP contribution in [0.5, 0.6) is 0 Å². The Morgan fingerprint density at radius 3 is 2.59 bits per heavy atom. The highest BCUT2D eigenvalue weighted by Gasteiger charge is 2.33. The fourth-order valence-corrected chi connectivity index (χ4v) is 3.28. The van der Waals surface area contributed by atoms with Gasteiger partial charge in [-0.1, -0.05) is 6.07 Å². The van der Waals surface area contributed by atoms with E-state index in [0.717, 1.165) is 0 Å². The predicted octanol–water partition coefficient (Wildman–Crippen LogP) is 1.95. The van der Waals surface area contributed by atoms with E-state index in [-0.39, 0.29) is 17.4 Å². The third kappa shape index (κ3) is 3.88. The molecule has 0 aliphatic carbocycles. The summed E-state index contributed by atoms with van der Waals surface area (Å²) in [6.07, 6.45) is 1.41. The number of sulfonamides is 1. The Bertz CT molecular complexity index is 1030. The van der Waals surface area contributed by atoms with Gasteiger partial charge in [-0.05, 0) is 43.3 Å². The van der Waals surface area contributed by atoms with E-state index in [9.17, 15) is 18.0 Å². The number of amides is 1. The monoisotopic (exact) mass is 387 g/mol. The molecule has 0 saturated heterocycles. The van der Waals surface area contributed by atoms with E-state index < -0.39 is 21.9 Å². The topological polar surface area (TPSA) is 128 Å². The van der Waals surface area contributed by atoms with Crippen LogP contribution in [0.2, 0.25) is 0 Å². The normalized spacial score (nSPS) is 16.2. The zero-order chi connectivity index (χ0) is 19.6. The third-order valence-corrected chi connectivity index (χ3v) is 4.92. The predicted molar refractivity (Wildman–Crippen MR) is 99.7 cm³/mol. The first-order chi connectivity index (χ1) is 12.8. The molecule has 2 aromatic rings. The molecule has 1 atom stereocenters. The smallest absolute Gasteiger partial charge is 0.338 e. The molecule has 140 valence electrons. The van der Waals surface area contributed by atoms with Gasteiger partial charge in [0.15, 0.2) is 0 Å². The summed E-state index contributed by atoms with van der Waals surface area (Å²) < 4.78 is 27.6. The van der Waals surface area contributed by atoms with Crippen LogP contribution < -0.4 is 10.5 Å². The van der Waals surface area contributed by atoms with Gasteiger partial charge in [0.25, 0.3) is 0 Å². The minimum Gasteiger partial charge on any atom is -0.462 e. The SMILES string of the molecule is CCOC(=O)c1cccc2c1C(C=Nc1ccc(S(N)(=O)=O)cc1)C(=O)N2. The maximum atomic E-state index is 12.3. The van der Waals surface area contributed by atoms with Crippen molar-refractivity contribution in [3.63, 3.8) is 0 Å². The molecule has 1 aliphatic heterocycles. The molecule has 27 heavy (non-hydrogen) atoms. The number of carbonyl (C=O) groups is 2. The van der Waals surface area contributed by atoms with Gasteiger partial charge in [0, 0.05) is 17.5 Å². The highest BCUT2D eigenvalue weighted by atomic mass is 32.2. The summed E-state index contributed by atoms with van der Waals surface area (Å²) in [5.41, 5.74) is 1.78. The number of nitrogens with one attached hydrogen (secondary N) is 1. The highest BCUT2D eigenvalue weighted by molar-refractivity contribution is 7.89. The quantitative estimate of drug-likeness (QED) is 0.599. The third-order valence-electron chi connectivity index (χ3n) is 3.99. The molecule has 1 aliphatic rings. The number of nitrogens with zero attached hydrogens (tertiary/aromatic N) is 1. The molecular weight excluding hydrogens is 370 g/mol. The number of aliphatic imine (C=N–C) groups is 1. The van der Waals surface area contributed by atoms with Crippen molar-refractivity contribution in [2.45, 2.75) is 17.7 Å². The van der Waals surface area contributed by atoms with Crippen molar-refractivity contribution < 1.29 is 22.7 Å². The number of carbonyl (C=O) groups excluding carboxylic acids is 2. The van der Waals surface area contributed by atoms with Crippen molar-refractivity contribution >= 4 is 39.5 Å². The molecule has 3 N–H and O–H groups in total. The molecule has 2 aromatic carbocycles. The second-order valence-electron chi connectivity index (χ2n) is 5.77. The highest BCUT2D eigenvalue weighted by Crippen LogP contribution is 2.35. The van der Waals surface area contributed by atoms with Gasteiger partial charge in [0.05, 0.1) is 22.8 Å². The molecule has 9 heteroatoms. The lowest BCUT2D eigenvalue weighted by atomic mass is 9.96. The summed E-state index contributed by atoms with van der Waals surface area (Å²) in [6.45, 7) is 1.92. The lowest BCUT2D eigenvalue weighted by Gasteiger charge is -2.09. The molecule has 0 spiro atoms. The Balaban J connectivity index is 1.92. The lowest BCUT2D eigenvalue weighted by molar-refractivity contribution is -0.115. The second kappa shape index (κ2) is 7.29. The van der Waals surface area contributed by atoms with Crippen LogP contribution in [0.3, 0.4) is 0 Å². The summed E-state index contributed by atoms with van der Waals surface area (Å²) in [5.74, 6) is -1.59. The first-order valence-electron chi connectivity index (χ1n) is 8.09. The molecule has 0 fully saturated rings. The van der Waals surface area contributed by atoms with Crippen molar-refractivity contribution in [1.82, 2.24) is 0 Å². The zero-order valence-corrected chi connectivity index (χ0v) is 15.2. The fourth-order valence-electron chi connectivity index (χ4n) is 2.76. The van der Waals surface area contributed by atoms with Crippen LogP contribution in [0, 0.1) is 0 Å². The maximum absolute atomic E-state index is 12.3. The van der Waals surface area contributed by atoms with Gasteiger partial charge < -0.3 is 10.1 Å². The minimum absolute atomic E-state index is 0.0324. The van der Waals surface area contributed by atoms with Crippen molar-refractivity contribution in [3.8, 4) is 0 Å². The van der Waals surface area contributed by atoms with Crippen LogP contribution >= 0.6 is 0 Å². The van der Waals surface area contributed by atoms with Gasteiger partial charge in [-0.3, -0.25) is 9.79 Å². The maximum Gasteiger partial charge on any atom is 0.338 e. The number of benzene rings is 2. The van der Waals surface area contributed by atoms with Gasteiger partial charge in [0.2, 0.25) is 15.9 Å². The van der Waals surface area contributed by atoms with E-state index in [2.05, 4.69) is 10.3 Å². The van der Waals surface area contributed by atoms with E-state index in [4.69, 9.17) is 9.88 Å². The summed E-state index contributed by atoms with van der Waals surface area (Å²) in [5, 5.41) is 7.77. The molecule has 0 aromatic heterocycles. The Labute approximate surface area is 156 Å². The zero-order valence-electron chi connectivity index (χ0n) is 14.4. The fraction of sp³-hybridized carbons (Fsp3) is 0.167. The molecule has 0 saturated carbocycles. The Kier molecular flexibility index (Phi) is 5.06. The molecule has 1 unspecified atom stereocenters. The average molecular weight is 387 g/mol. The summed E-state index contributed by atoms with van der Waals surface area (Å²) in [7, 11) is -3.79. The Morgan fingerprint density at radius 1 is 1.26 bits per heavy atom. The number of ether oxygens (including phenoxy) is 1. The van der Waals surface area contributed by atoms with E-state index in [1.807, 2.05) is 0 Å². The molecular formula is C18H17N3O5S. The van der Waals surface area contributed by atoms with Crippen molar-refractivity contribution in [1.29, 1.82) is 0 Å². The number of fused-ring (bicyclic) bond motifs is 1. The van der Waals surface area contributed by atoms with Crippen LogP contribution in [-0.2, 0) is 19.6 Å². The second-order valence-corrected chi connectivity index (χ2v) is 7.33. The summed E-state index contributed by atoms with van der Waals surface area (Å²) >= 11 is 0. The molecule has 0 radical (unpaired) electrons. The first kappa shape index (κ1) is 18.7. The van der Waals surface area contributed by atoms with Crippen LogP contribution in [-0.4, -0.2) is 33.1 Å². The minimum atomic E-state index is -3.79. The van der Waals surface area contributed by atoms with Crippen LogP contribution in [0.4, 0.5) is 11.4 Å². The number of rotatable bonds is 5. The van der Waals surface area contributed by atoms with E-state index in [0.29, 0.717) is 22.5 Å². The number of primary sulfonamides is 1. The molecule has 0 bridgehead atoms. The number of nitrogens with two attached hydrogens (primary N) is 1. The van der Waals surface area contributed by atoms with Crippen LogP contribution in [0.25, 0.3) is 0 Å². The summed E-state index contributed by atoms with van der Waals surface area (Å²) in [6, 6.07) is 10.6. The van der Waals surface area contributed by atoms with Crippen molar-refractivity contribution in [2.24, 2.45) is 10.1 Å². The largest absolute Gasteiger partial charge is 0.462 e. The molecule has 8 nitrogen and oxygen atoms in total. The number of esters is 1. The standard InChI is InChI=1S/C18H17N3O5S/c1-2-26-18(23)13-4-3-5-15-16(13)14(17(22)21-15)10-20-11-6-8-12(9-7-11)27(19,24)25/h3-10,14H,2H2,1H3,(H,21,22)(H2,19,24,25). The Hall–Kier alpha value is -3.04. The van der Waals surface area contributed by atoms with E-state index >= 15 is 0 Å². The van der Waals surface area contributed by atoms with Crippen LogP contribution in [0.15, 0.2) is 52.4 Å². The average Bonchev–Trinajstić information content (AvgIpc) is 2.95. The van der Waals surface area contributed by atoms with E-state index in [1.54, 1.807) is 25.1 Å². The van der Waals surface area contributed by atoms with Gasteiger partial charge in [0.1, 0.15) is 5.92 Å². The van der Waals surface area contributed by atoms with Gasteiger partial charge in [-0.2, -0.15) is 0 Å². The van der Waals surface area contributed by atoms with Gasteiger partial charge in [-0.25, -0.2) is 18.4 Å². The summed E-state index contributed by atoms with van der Waals surface area (Å²) in [4.78, 5) is 28.7. The first-order valence-corrected chi connectivity index (χ1v) is 9.64. The van der Waals surface area contributed by atoms with Gasteiger partial charge >= 0.3 is 5.97 Å². The molecule has 3 rings (SSSR count). The molecule has 1 amide bonds. The van der Waals surface area contributed by atoms with Crippen LogP contribution in [0.1, 0.15) is 28.8 Å². The van der Waals surface area contributed by atoms with E-state index in [1.165, 1.54) is 30.5 Å². The van der Waals surface area contributed by atoms with Gasteiger partial charge in [-0.15, -0.1) is 0 Å². The number of anilines is 1. The Morgan fingerprint density at radius 2 is 1.96 bits per heavy atom. The molecule has 1 heterocycles.